The largest absolute Gasteiger partial charge is 0.495 e. The van der Waals surface area contributed by atoms with Gasteiger partial charge >= 0.3 is 0 Å². The zero-order chi connectivity index (χ0) is 29.6. The average Bonchev–Trinajstić information content (AvgIpc) is 3.62. The lowest BCUT2D eigenvalue weighted by Crippen LogP contribution is -2.76. The number of benzene rings is 1. The van der Waals surface area contributed by atoms with E-state index in [1.165, 1.54) is 19.3 Å². The van der Waals surface area contributed by atoms with Crippen LogP contribution in [0.25, 0.3) is 10.9 Å². The number of aromatic nitrogens is 1. The molecule has 1 aromatic heterocycles. The lowest BCUT2D eigenvalue weighted by Gasteiger charge is -2.52. The number of hydrogen-bond acceptors (Lipinski definition) is 9. The quantitative estimate of drug-likeness (QED) is 0.368. The van der Waals surface area contributed by atoms with Crippen LogP contribution in [0.4, 0.5) is 5.69 Å². The maximum absolute atomic E-state index is 13.6. The number of hydrogen-bond donors (Lipinski definition) is 4. The van der Waals surface area contributed by atoms with Crippen molar-refractivity contribution in [2.75, 3.05) is 45.7 Å². The monoisotopic (exact) mass is 578 g/mol. The van der Waals surface area contributed by atoms with E-state index in [4.69, 9.17) is 10.5 Å². The highest BCUT2D eigenvalue weighted by Crippen LogP contribution is 2.36. The van der Waals surface area contributed by atoms with E-state index < -0.39 is 5.91 Å². The number of nitrogens with zero attached hydrogens (tertiary/aromatic N) is 4. The van der Waals surface area contributed by atoms with E-state index in [1.54, 1.807) is 11.7 Å². The summed E-state index contributed by atoms with van der Waals surface area (Å²) in [6.07, 6.45) is 9.73. The first-order valence-corrected chi connectivity index (χ1v) is 15.6. The van der Waals surface area contributed by atoms with Gasteiger partial charge in [-0.2, -0.15) is 0 Å². The Bertz CT molecular complexity index is 1380. The number of rotatable bonds is 7. The van der Waals surface area contributed by atoms with Gasteiger partial charge in [0.05, 0.1) is 24.9 Å². The molecule has 0 radical (unpaired) electrons. The number of carbonyl (C=O) groups excluding carboxylic acids is 2. The Labute approximate surface area is 248 Å². The van der Waals surface area contributed by atoms with Gasteiger partial charge in [0.1, 0.15) is 17.3 Å². The molecule has 1 saturated heterocycles. The Morgan fingerprint density at radius 3 is 2.67 bits per heavy atom. The molecule has 3 aliphatic heterocycles. The van der Waals surface area contributed by atoms with Crippen molar-refractivity contribution < 1.29 is 14.3 Å². The van der Waals surface area contributed by atoms with Crippen LogP contribution in [0.5, 0.6) is 5.75 Å². The van der Waals surface area contributed by atoms with Crippen molar-refractivity contribution in [1.82, 2.24) is 29.9 Å². The van der Waals surface area contributed by atoms with Crippen molar-refractivity contribution in [3.8, 4) is 5.75 Å². The maximum atomic E-state index is 13.6. The van der Waals surface area contributed by atoms with Crippen LogP contribution in [0.1, 0.15) is 63.6 Å². The molecule has 4 aliphatic rings. The van der Waals surface area contributed by atoms with Gasteiger partial charge < -0.3 is 25.2 Å². The Morgan fingerprint density at radius 2 is 1.95 bits per heavy atom. The van der Waals surface area contributed by atoms with Crippen molar-refractivity contribution in [2.24, 2.45) is 11.7 Å². The molecule has 0 spiro atoms. The number of likely N-dealkylation sites (tertiary alicyclic amines) is 1. The topological polar surface area (TPSA) is 120 Å². The van der Waals surface area contributed by atoms with Gasteiger partial charge in [-0.25, -0.2) is 0 Å². The Kier molecular flexibility index (Phi) is 7.74. The molecule has 2 fully saturated rings. The number of nitrogens with one attached hydrogen (secondary N) is 3. The van der Waals surface area contributed by atoms with E-state index in [9.17, 15) is 9.59 Å². The van der Waals surface area contributed by atoms with E-state index in [-0.39, 0.29) is 17.9 Å². The molecular weight excluding hydrogens is 532 g/mol. The predicted octanol–water partition coefficient (Wildman–Crippen LogP) is 2.86. The minimum atomic E-state index is -1.48. The molecule has 6 rings (SSSR count). The number of anilines is 1. The lowest BCUT2D eigenvalue weighted by atomic mass is 10.0. The minimum absolute atomic E-state index is 0.0274. The summed E-state index contributed by atoms with van der Waals surface area (Å²) in [6.45, 7) is 7.49. The van der Waals surface area contributed by atoms with E-state index in [2.05, 4.69) is 39.6 Å². The van der Waals surface area contributed by atoms with Crippen LogP contribution in [-0.2, 0) is 4.79 Å². The molecule has 1 amide bonds. The standard InChI is InChI=1S/C31H46N8O3/c1-5-22-18-36(3)28-29(39(22)23-10-6-7-11-23)34-31(32,35-30(28)41)33-24-16-25-21(15-26(24)42-4)12-14-38(25)27(40)19-37-13-8-9-20(2)17-37/h12,14-16,20,22-23,33-34H,5-11,13,17-19,32H2,1-4H3,(H,35,41)/t20?,22?,31-/m1/s1. The van der Waals surface area contributed by atoms with Crippen LogP contribution < -0.4 is 26.4 Å². The van der Waals surface area contributed by atoms with E-state index >= 15 is 0 Å². The van der Waals surface area contributed by atoms with Gasteiger partial charge in [-0.05, 0) is 62.8 Å². The Balaban J connectivity index is 1.30. The van der Waals surface area contributed by atoms with Crippen LogP contribution in [0.15, 0.2) is 35.9 Å². The molecule has 5 N–H and O–H groups in total. The normalized spacial score (nSPS) is 27.2. The first kappa shape index (κ1) is 28.7. The summed E-state index contributed by atoms with van der Waals surface area (Å²) >= 11 is 0. The van der Waals surface area contributed by atoms with Gasteiger partial charge in [0, 0.05) is 43.8 Å². The summed E-state index contributed by atoms with van der Waals surface area (Å²) in [5.74, 6) is 0.264. The highest BCUT2D eigenvalue weighted by Gasteiger charge is 2.46. The smallest absolute Gasteiger partial charge is 0.275 e. The van der Waals surface area contributed by atoms with Crippen LogP contribution >= 0.6 is 0 Å². The lowest BCUT2D eigenvalue weighted by molar-refractivity contribution is -0.123. The number of likely N-dealkylation sites (N-methyl/N-ethyl adjacent to an activating group) is 1. The van der Waals surface area contributed by atoms with Crippen molar-refractivity contribution in [3.63, 3.8) is 0 Å². The summed E-state index contributed by atoms with van der Waals surface area (Å²) < 4.78 is 7.45. The molecule has 2 unspecified atom stereocenters. The first-order chi connectivity index (χ1) is 20.2. The third-order valence-corrected chi connectivity index (χ3v) is 9.48. The fourth-order valence-electron chi connectivity index (χ4n) is 7.45. The number of piperidine rings is 1. The highest BCUT2D eigenvalue weighted by atomic mass is 16.5. The van der Waals surface area contributed by atoms with Crippen LogP contribution in [0, 0.1) is 5.92 Å². The summed E-state index contributed by atoms with van der Waals surface area (Å²) in [6, 6.07) is 6.36. The second kappa shape index (κ2) is 11.3. The van der Waals surface area contributed by atoms with Crippen molar-refractivity contribution in [3.05, 3.63) is 35.9 Å². The number of carbonyl (C=O) groups is 2. The zero-order valence-electron chi connectivity index (χ0n) is 25.4. The SMILES string of the molecule is CCC1CN(C)C2=C(N[C@@](N)(Nc3cc4c(ccn4C(=O)CN4CCCC(C)C4)cc3OC)NC2=O)N1C1CCCC1. The molecule has 2 aromatic rings. The summed E-state index contributed by atoms with van der Waals surface area (Å²) in [5, 5.41) is 10.7. The molecule has 1 aliphatic carbocycles. The molecule has 42 heavy (non-hydrogen) atoms. The molecule has 0 bridgehead atoms. The van der Waals surface area contributed by atoms with E-state index in [0.717, 1.165) is 62.0 Å². The summed E-state index contributed by atoms with van der Waals surface area (Å²) in [5.41, 5.74) is 8.84. The molecule has 3 atom stereocenters. The highest BCUT2D eigenvalue weighted by molar-refractivity contribution is 5.97. The number of amides is 1. The van der Waals surface area contributed by atoms with Crippen molar-refractivity contribution >= 4 is 28.4 Å². The fraction of sp³-hybridized carbons (Fsp3) is 0.613. The number of ether oxygens (including phenoxy) is 1. The molecular formula is C31H46N8O3. The second-order valence-electron chi connectivity index (χ2n) is 12.7. The van der Waals surface area contributed by atoms with Gasteiger partial charge in [0.2, 0.25) is 11.8 Å². The number of methoxy groups -OCH3 is 1. The third-order valence-electron chi connectivity index (χ3n) is 9.48. The third kappa shape index (κ3) is 5.28. The van der Waals surface area contributed by atoms with Gasteiger partial charge in [-0.15, -0.1) is 0 Å². The molecule has 11 nitrogen and oxygen atoms in total. The van der Waals surface area contributed by atoms with Crippen molar-refractivity contribution in [2.45, 2.75) is 76.8 Å². The van der Waals surface area contributed by atoms with Gasteiger partial charge in [-0.1, -0.05) is 26.7 Å². The van der Waals surface area contributed by atoms with E-state index in [1.807, 2.05) is 36.3 Å². The fourth-order valence-corrected chi connectivity index (χ4v) is 7.45. The summed E-state index contributed by atoms with van der Waals surface area (Å²) in [4.78, 5) is 33.7. The van der Waals surface area contributed by atoms with Crippen LogP contribution in [0.2, 0.25) is 0 Å². The second-order valence-corrected chi connectivity index (χ2v) is 12.7. The molecule has 4 heterocycles. The van der Waals surface area contributed by atoms with Gasteiger partial charge in [0.15, 0.2) is 0 Å². The van der Waals surface area contributed by atoms with Gasteiger partial charge in [-0.3, -0.25) is 30.1 Å². The maximum Gasteiger partial charge on any atom is 0.275 e. The van der Waals surface area contributed by atoms with Crippen molar-refractivity contribution in [1.29, 1.82) is 0 Å². The van der Waals surface area contributed by atoms with Crippen LogP contribution in [-0.4, -0.2) is 89.4 Å². The number of fused-ring (bicyclic) bond motifs is 1. The van der Waals surface area contributed by atoms with E-state index in [0.29, 0.717) is 35.6 Å². The molecule has 11 heteroatoms. The van der Waals surface area contributed by atoms with Crippen LogP contribution in [0.3, 0.4) is 0 Å². The predicted molar refractivity (Wildman–Crippen MR) is 164 cm³/mol. The molecule has 228 valence electrons. The first-order valence-electron chi connectivity index (χ1n) is 15.6. The Hall–Kier alpha value is -3.44. The van der Waals surface area contributed by atoms with Gasteiger partial charge in [0.25, 0.3) is 5.91 Å². The average molecular weight is 579 g/mol. The zero-order valence-corrected chi connectivity index (χ0v) is 25.4. The molecule has 1 saturated carbocycles. The molecule has 1 aromatic carbocycles. The minimum Gasteiger partial charge on any atom is -0.495 e. The Morgan fingerprint density at radius 1 is 1.17 bits per heavy atom. The number of nitrogens with two attached hydrogens (primary N) is 1. The summed E-state index contributed by atoms with van der Waals surface area (Å²) in [7, 11) is 3.57.